The molecule has 2 atom stereocenters. The van der Waals surface area contributed by atoms with Gasteiger partial charge in [0, 0.05) is 6.42 Å². The number of likely N-dealkylation sites (N-methyl/N-ethyl adjacent to an activating group) is 1. The molecule has 2 unspecified atom stereocenters. The predicted octanol–water partition coefficient (Wildman–Crippen LogP) is 12.5. The average molecular weight is 791 g/mol. The summed E-state index contributed by atoms with van der Waals surface area (Å²) in [5.74, 6) is -0.351. The molecule has 0 fully saturated rings. The van der Waals surface area contributed by atoms with E-state index in [1.807, 2.05) is 21.1 Å². The van der Waals surface area contributed by atoms with Crippen molar-refractivity contribution in [1.29, 1.82) is 0 Å². The van der Waals surface area contributed by atoms with Crippen LogP contribution in [0.1, 0.15) is 142 Å². The van der Waals surface area contributed by atoms with Crippen molar-refractivity contribution in [3.63, 3.8) is 0 Å². The molecule has 0 heterocycles. The molecule has 0 radical (unpaired) electrons. The molecule has 0 saturated carbocycles. The summed E-state index contributed by atoms with van der Waals surface area (Å²) in [6.45, 7) is 5.21. The van der Waals surface area contributed by atoms with E-state index in [2.05, 4.69) is 98.9 Å². The highest BCUT2D eigenvalue weighted by atomic mass is 31.2. The van der Waals surface area contributed by atoms with E-state index in [0.29, 0.717) is 30.5 Å². The van der Waals surface area contributed by atoms with E-state index in [4.69, 9.17) is 18.5 Å². The number of nitrogens with zero attached hydrogens (tertiary/aromatic N) is 1. The van der Waals surface area contributed by atoms with Crippen molar-refractivity contribution in [2.45, 2.75) is 148 Å². The lowest BCUT2D eigenvalue weighted by Crippen LogP contribution is -2.37. The Labute approximate surface area is 337 Å². The Bertz CT molecular complexity index is 1150. The van der Waals surface area contributed by atoms with Gasteiger partial charge in [0.15, 0.2) is 0 Å². The summed E-state index contributed by atoms with van der Waals surface area (Å²) in [6, 6.07) is 0. The lowest BCUT2D eigenvalue weighted by molar-refractivity contribution is -0.870. The monoisotopic (exact) mass is 791 g/mol. The van der Waals surface area contributed by atoms with E-state index in [9.17, 15) is 14.3 Å². The molecule has 0 bridgehead atoms. The number of phosphoric acid groups is 1. The minimum Gasteiger partial charge on any atom is -0.457 e. The molecule has 0 amide bonds. The fourth-order valence-electron chi connectivity index (χ4n) is 5.17. The molecule has 0 aliphatic carbocycles. The highest BCUT2D eigenvalue weighted by Gasteiger charge is 2.26. The van der Waals surface area contributed by atoms with Crippen LogP contribution in [0.15, 0.2) is 85.1 Å². The number of hydrogen-bond donors (Lipinski definition) is 1. The summed E-state index contributed by atoms with van der Waals surface area (Å²) in [5.41, 5.74) is 0. The van der Waals surface area contributed by atoms with Gasteiger partial charge in [0.2, 0.25) is 0 Å². The summed E-state index contributed by atoms with van der Waals surface area (Å²) in [5, 5.41) is 0. The number of carbonyl (C=O) groups excluding carboxylic acids is 1. The van der Waals surface area contributed by atoms with Crippen LogP contribution in [0.3, 0.4) is 0 Å². The van der Waals surface area contributed by atoms with E-state index < -0.39 is 13.9 Å². The molecule has 0 rings (SSSR count). The second kappa shape index (κ2) is 38.5. The standard InChI is InChI=1S/C46H80NO7P/c1-6-8-10-12-14-16-18-20-22-24-25-27-29-31-33-35-37-39-46(48)54-45(44-53-55(49,50)52-42-40-47(3,4)5)43-51-41-38-36-34-32-30-28-26-23-21-19-17-15-13-11-9-7-2/h9,11,14-17,20-23,28,30,34,36,45H,6-8,10,12-13,18-19,24-27,29,31-33,35,37-44H2,1-5H3/p+1/b11-9-,16-14-,17-15-,22-20-,23-21-,30-28-,36-34-. The van der Waals surface area contributed by atoms with E-state index in [1.54, 1.807) is 0 Å². The second-order valence-electron chi connectivity index (χ2n) is 15.0. The largest absolute Gasteiger partial charge is 0.472 e. The Balaban J connectivity index is 4.40. The van der Waals surface area contributed by atoms with Crippen LogP contribution in [0.25, 0.3) is 0 Å². The van der Waals surface area contributed by atoms with Crippen LogP contribution in [-0.2, 0) is 27.9 Å². The fraction of sp³-hybridized carbons (Fsp3) is 0.674. The zero-order valence-corrected chi connectivity index (χ0v) is 36.5. The molecule has 0 aromatic heterocycles. The SMILES string of the molecule is CC/C=C\C/C=C\C/C=C\C/C=C\C/C=C\CCOCC(COP(=O)(O)OCC[N+](C)(C)C)OC(=O)CCCCCCCCC/C=C\C/C=C\CCCCC. The van der Waals surface area contributed by atoms with Crippen molar-refractivity contribution in [1.82, 2.24) is 0 Å². The zero-order valence-electron chi connectivity index (χ0n) is 35.6. The smallest absolute Gasteiger partial charge is 0.457 e. The van der Waals surface area contributed by atoms with Crippen LogP contribution in [0.4, 0.5) is 0 Å². The molecule has 0 saturated heterocycles. The molecule has 9 heteroatoms. The maximum atomic E-state index is 12.7. The Morgan fingerprint density at radius 1 is 0.582 bits per heavy atom. The quantitative estimate of drug-likeness (QED) is 0.0219. The number of hydrogen-bond acceptors (Lipinski definition) is 6. The van der Waals surface area contributed by atoms with Crippen molar-refractivity contribution in [2.24, 2.45) is 0 Å². The van der Waals surface area contributed by atoms with Crippen LogP contribution in [0.2, 0.25) is 0 Å². The molecule has 0 aromatic carbocycles. The summed E-state index contributed by atoms with van der Waals surface area (Å²) >= 11 is 0. The predicted molar refractivity (Wildman–Crippen MR) is 233 cm³/mol. The lowest BCUT2D eigenvalue weighted by atomic mass is 10.1. The van der Waals surface area contributed by atoms with Gasteiger partial charge in [-0.15, -0.1) is 0 Å². The molecule has 0 spiro atoms. The third-order valence-electron chi connectivity index (χ3n) is 8.46. The number of allylic oxidation sites excluding steroid dienone is 13. The minimum atomic E-state index is -4.30. The van der Waals surface area contributed by atoms with Crippen LogP contribution >= 0.6 is 7.82 Å². The summed E-state index contributed by atoms with van der Waals surface area (Å²) < 4.78 is 34.8. The Morgan fingerprint density at radius 2 is 1.05 bits per heavy atom. The van der Waals surface area contributed by atoms with E-state index in [0.717, 1.165) is 64.2 Å². The topological polar surface area (TPSA) is 91.3 Å². The Hall–Kier alpha value is -2.32. The van der Waals surface area contributed by atoms with Crippen molar-refractivity contribution in [3.8, 4) is 0 Å². The van der Waals surface area contributed by atoms with Gasteiger partial charge in [-0.2, -0.15) is 0 Å². The number of rotatable bonds is 38. The molecule has 0 aliphatic heterocycles. The van der Waals surface area contributed by atoms with Gasteiger partial charge < -0.3 is 18.9 Å². The van der Waals surface area contributed by atoms with Gasteiger partial charge in [0.25, 0.3) is 0 Å². The minimum absolute atomic E-state index is 0.0691. The maximum absolute atomic E-state index is 12.7. The van der Waals surface area contributed by atoms with Gasteiger partial charge >= 0.3 is 13.8 Å². The molecule has 8 nitrogen and oxygen atoms in total. The number of unbranched alkanes of at least 4 members (excludes halogenated alkanes) is 10. The first-order chi connectivity index (χ1) is 26.6. The zero-order chi connectivity index (χ0) is 40.6. The third-order valence-corrected chi connectivity index (χ3v) is 9.44. The number of ether oxygens (including phenoxy) is 2. The van der Waals surface area contributed by atoms with E-state index in [1.165, 1.54) is 51.4 Å². The number of carbonyl (C=O) groups is 1. The van der Waals surface area contributed by atoms with E-state index in [-0.39, 0.29) is 25.8 Å². The summed E-state index contributed by atoms with van der Waals surface area (Å²) in [4.78, 5) is 22.9. The molecule has 316 valence electrons. The highest BCUT2D eigenvalue weighted by Crippen LogP contribution is 2.43. The van der Waals surface area contributed by atoms with Crippen LogP contribution in [0.5, 0.6) is 0 Å². The van der Waals surface area contributed by atoms with Gasteiger partial charge in [-0.1, -0.05) is 144 Å². The molecule has 0 aromatic rings. The van der Waals surface area contributed by atoms with Crippen molar-refractivity contribution in [3.05, 3.63) is 85.1 Å². The number of phosphoric ester groups is 1. The Morgan fingerprint density at radius 3 is 1.58 bits per heavy atom. The van der Waals surface area contributed by atoms with Crippen molar-refractivity contribution in [2.75, 3.05) is 54.1 Å². The first-order valence-electron chi connectivity index (χ1n) is 21.3. The number of esters is 1. The van der Waals surface area contributed by atoms with Gasteiger partial charge in [-0.05, 0) is 77.0 Å². The third kappa shape index (κ3) is 42.7. The number of quaternary nitrogens is 1. The van der Waals surface area contributed by atoms with Crippen molar-refractivity contribution < 1.29 is 37.3 Å². The summed E-state index contributed by atoms with van der Waals surface area (Å²) in [7, 11) is 1.60. The van der Waals surface area contributed by atoms with Gasteiger partial charge in [-0.3, -0.25) is 13.8 Å². The van der Waals surface area contributed by atoms with Crippen LogP contribution in [-0.4, -0.2) is 75.6 Å². The van der Waals surface area contributed by atoms with Gasteiger partial charge in [0.1, 0.15) is 19.3 Å². The molecule has 1 N–H and O–H groups in total. The lowest BCUT2D eigenvalue weighted by Gasteiger charge is -2.24. The van der Waals surface area contributed by atoms with Crippen molar-refractivity contribution >= 4 is 13.8 Å². The maximum Gasteiger partial charge on any atom is 0.472 e. The normalized spacial score (nSPS) is 14.7. The van der Waals surface area contributed by atoms with E-state index >= 15 is 0 Å². The highest BCUT2D eigenvalue weighted by molar-refractivity contribution is 7.47. The van der Waals surface area contributed by atoms with Gasteiger partial charge in [0.05, 0.1) is 41.0 Å². The second-order valence-corrected chi connectivity index (χ2v) is 16.4. The fourth-order valence-corrected chi connectivity index (χ4v) is 5.92. The molecular weight excluding hydrogens is 709 g/mol. The van der Waals surface area contributed by atoms with Crippen LogP contribution in [0, 0.1) is 0 Å². The van der Waals surface area contributed by atoms with Crippen LogP contribution < -0.4 is 0 Å². The molecular formula is C46H81NO7P+. The summed E-state index contributed by atoms with van der Waals surface area (Å²) in [6.07, 6.45) is 50.7. The molecule has 55 heavy (non-hydrogen) atoms. The average Bonchev–Trinajstić information content (AvgIpc) is 3.13. The van der Waals surface area contributed by atoms with Gasteiger partial charge in [-0.25, -0.2) is 4.57 Å². The molecule has 0 aliphatic rings. The first kappa shape index (κ1) is 52.7. The first-order valence-corrected chi connectivity index (χ1v) is 22.8. The Kier molecular flexibility index (Phi) is 36.9.